The van der Waals surface area contributed by atoms with Crippen LogP contribution in [0.15, 0.2) is 23.2 Å². The number of anilines is 1. The third kappa shape index (κ3) is 4.88. The number of carbonyl (C=O) groups is 1. The number of sulfonamides is 1. The van der Waals surface area contributed by atoms with Gasteiger partial charge in [-0.3, -0.25) is 5.32 Å². The normalized spacial score (nSPS) is 20.7. The molecule has 1 aromatic heterocycles. The first-order chi connectivity index (χ1) is 10.7. The minimum absolute atomic E-state index is 0.0303. The third-order valence-corrected chi connectivity index (χ3v) is 4.99. The standard InChI is InChI=1S/C14H22N4O4S/c1-14(2)8-10(6-7-22-14)17-13(19)18-12-5-4-11(9-16-12)23(20,21)15-3/h4-5,9-10,15H,6-8H2,1-3H3,(H2,16,17,18,19). The molecule has 0 aliphatic carbocycles. The highest BCUT2D eigenvalue weighted by atomic mass is 32.2. The number of nitrogens with zero attached hydrogens (tertiary/aromatic N) is 1. The van der Waals surface area contributed by atoms with Crippen LogP contribution < -0.4 is 15.4 Å². The van der Waals surface area contributed by atoms with Gasteiger partial charge in [0.25, 0.3) is 0 Å². The maximum atomic E-state index is 12.0. The number of carbonyl (C=O) groups excluding carboxylic acids is 1. The number of aromatic nitrogens is 1. The van der Waals surface area contributed by atoms with E-state index in [9.17, 15) is 13.2 Å². The second-order valence-electron chi connectivity index (χ2n) is 5.98. The minimum Gasteiger partial charge on any atom is -0.375 e. The fourth-order valence-corrected chi connectivity index (χ4v) is 3.10. The van der Waals surface area contributed by atoms with Gasteiger partial charge >= 0.3 is 6.03 Å². The molecule has 0 saturated carbocycles. The summed E-state index contributed by atoms with van der Waals surface area (Å²) in [5.41, 5.74) is -0.252. The highest BCUT2D eigenvalue weighted by Crippen LogP contribution is 2.23. The van der Waals surface area contributed by atoms with Crippen molar-refractivity contribution in [3.63, 3.8) is 0 Å². The first-order valence-electron chi connectivity index (χ1n) is 7.33. The predicted molar refractivity (Wildman–Crippen MR) is 85.7 cm³/mol. The molecule has 128 valence electrons. The van der Waals surface area contributed by atoms with E-state index in [0.717, 1.165) is 12.8 Å². The molecule has 3 N–H and O–H groups in total. The molecule has 1 saturated heterocycles. The van der Waals surface area contributed by atoms with Gasteiger partial charge in [0.2, 0.25) is 10.0 Å². The van der Waals surface area contributed by atoms with Crippen molar-refractivity contribution in [2.45, 2.75) is 43.2 Å². The van der Waals surface area contributed by atoms with Gasteiger partial charge in [0.05, 0.1) is 5.60 Å². The van der Waals surface area contributed by atoms with Crippen molar-refractivity contribution in [1.29, 1.82) is 0 Å². The molecular formula is C14H22N4O4S. The van der Waals surface area contributed by atoms with Crippen LogP contribution in [0.1, 0.15) is 26.7 Å². The van der Waals surface area contributed by atoms with Crippen molar-refractivity contribution >= 4 is 21.9 Å². The van der Waals surface area contributed by atoms with Crippen molar-refractivity contribution in [2.24, 2.45) is 0 Å². The summed E-state index contributed by atoms with van der Waals surface area (Å²) in [5, 5.41) is 5.47. The Kier molecular flexibility index (Phi) is 5.23. The zero-order valence-electron chi connectivity index (χ0n) is 13.4. The Hall–Kier alpha value is -1.71. The number of hydrogen-bond donors (Lipinski definition) is 3. The third-order valence-electron chi connectivity index (χ3n) is 3.59. The molecule has 2 rings (SSSR count). The molecule has 1 fully saturated rings. The van der Waals surface area contributed by atoms with Gasteiger partial charge < -0.3 is 10.1 Å². The molecular weight excluding hydrogens is 320 g/mol. The minimum atomic E-state index is -3.53. The lowest BCUT2D eigenvalue weighted by molar-refractivity contribution is -0.0609. The van der Waals surface area contributed by atoms with Gasteiger partial charge in [0, 0.05) is 18.8 Å². The van der Waals surface area contributed by atoms with Gasteiger partial charge in [0.15, 0.2) is 0 Å². The summed E-state index contributed by atoms with van der Waals surface area (Å²) in [7, 11) is -2.21. The topological polar surface area (TPSA) is 109 Å². The van der Waals surface area contributed by atoms with Crippen LogP contribution >= 0.6 is 0 Å². The second kappa shape index (κ2) is 6.81. The lowest BCUT2D eigenvalue weighted by atomic mass is 9.94. The van der Waals surface area contributed by atoms with Crippen LogP contribution in [-0.4, -0.2) is 44.7 Å². The summed E-state index contributed by atoms with van der Waals surface area (Å²) in [4.78, 5) is 16.0. The van der Waals surface area contributed by atoms with Crippen LogP contribution in [0.5, 0.6) is 0 Å². The van der Waals surface area contributed by atoms with E-state index in [1.54, 1.807) is 0 Å². The number of nitrogens with one attached hydrogen (secondary N) is 3. The molecule has 1 aromatic rings. The van der Waals surface area contributed by atoms with Crippen molar-refractivity contribution in [3.05, 3.63) is 18.3 Å². The lowest BCUT2D eigenvalue weighted by Crippen LogP contribution is -2.47. The van der Waals surface area contributed by atoms with Gasteiger partial charge in [-0.25, -0.2) is 22.9 Å². The highest BCUT2D eigenvalue weighted by Gasteiger charge is 2.29. The lowest BCUT2D eigenvalue weighted by Gasteiger charge is -2.35. The maximum Gasteiger partial charge on any atom is 0.320 e. The molecule has 2 heterocycles. The summed E-state index contributed by atoms with van der Waals surface area (Å²) < 4.78 is 31.0. The fraction of sp³-hybridized carbons (Fsp3) is 0.571. The molecule has 0 bridgehead atoms. The summed E-state index contributed by atoms with van der Waals surface area (Å²) in [6, 6.07) is 2.48. The number of amides is 2. The van der Waals surface area contributed by atoms with E-state index in [0.29, 0.717) is 6.61 Å². The number of hydrogen-bond acceptors (Lipinski definition) is 5. The van der Waals surface area contributed by atoms with E-state index in [4.69, 9.17) is 4.74 Å². The zero-order valence-corrected chi connectivity index (χ0v) is 14.2. The van der Waals surface area contributed by atoms with Gasteiger partial charge in [-0.1, -0.05) is 0 Å². The van der Waals surface area contributed by atoms with E-state index in [-0.39, 0.29) is 28.4 Å². The average Bonchev–Trinajstić information content (AvgIpc) is 2.46. The Morgan fingerprint density at radius 3 is 2.70 bits per heavy atom. The van der Waals surface area contributed by atoms with Crippen LogP contribution in [0.2, 0.25) is 0 Å². The maximum absolute atomic E-state index is 12.0. The highest BCUT2D eigenvalue weighted by molar-refractivity contribution is 7.89. The number of urea groups is 1. The molecule has 1 atom stereocenters. The molecule has 2 amide bonds. The molecule has 9 heteroatoms. The first kappa shape index (κ1) is 17.6. The Bertz CT molecular complexity index is 658. The van der Waals surface area contributed by atoms with Crippen LogP contribution in [-0.2, 0) is 14.8 Å². The molecule has 0 spiro atoms. The quantitative estimate of drug-likeness (QED) is 0.758. The monoisotopic (exact) mass is 342 g/mol. The molecule has 0 radical (unpaired) electrons. The Labute approximate surface area is 136 Å². The van der Waals surface area contributed by atoms with E-state index >= 15 is 0 Å². The van der Waals surface area contributed by atoms with E-state index in [1.807, 2.05) is 13.8 Å². The Balaban J connectivity index is 1.93. The van der Waals surface area contributed by atoms with Gasteiger partial charge in [-0.05, 0) is 45.9 Å². The van der Waals surface area contributed by atoms with Gasteiger partial charge in [-0.15, -0.1) is 0 Å². The molecule has 0 aromatic carbocycles. The fourth-order valence-electron chi connectivity index (χ4n) is 2.42. The largest absolute Gasteiger partial charge is 0.375 e. The number of pyridine rings is 1. The first-order valence-corrected chi connectivity index (χ1v) is 8.81. The smallest absolute Gasteiger partial charge is 0.320 e. The number of rotatable bonds is 4. The number of ether oxygens (including phenoxy) is 1. The van der Waals surface area contributed by atoms with Crippen molar-refractivity contribution in [1.82, 2.24) is 15.0 Å². The van der Waals surface area contributed by atoms with Crippen LogP contribution in [0.25, 0.3) is 0 Å². The van der Waals surface area contributed by atoms with E-state index in [2.05, 4.69) is 20.3 Å². The molecule has 1 aliphatic rings. The average molecular weight is 342 g/mol. The molecule has 8 nitrogen and oxygen atoms in total. The second-order valence-corrected chi connectivity index (χ2v) is 7.87. The summed E-state index contributed by atoms with van der Waals surface area (Å²) >= 11 is 0. The predicted octanol–water partition coefficient (Wildman–Crippen LogP) is 1.07. The summed E-state index contributed by atoms with van der Waals surface area (Å²) in [5.74, 6) is 0.281. The van der Waals surface area contributed by atoms with E-state index in [1.165, 1.54) is 25.4 Å². The van der Waals surface area contributed by atoms with Crippen LogP contribution in [0.4, 0.5) is 10.6 Å². The Morgan fingerprint density at radius 1 is 1.39 bits per heavy atom. The SMILES string of the molecule is CNS(=O)(=O)c1ccc(NC(=O)NC2CCOC(C)(C)C2)nc1. The summed E-state index contributed by atoms with van der Waals surface area (Å²) in [6.07, 6.45) is 2.68. The van der Waals surface area contributed by atoms with Crippen molar-refractivity contribution < 1.29 is 17.9 Å². The van der Waals surface area contributed by atoms with E-state index < -0.39 is 10.0 Å². The summed E-state index contributed by atoms with van der Waals surface area (Å²) in [6.45, 7) is 4.58. The van der Waals surface area contributed by atoms with Gasteiger partial charge in [-0.2, -0.15) is 0 Å². The van der Waals surface area contributed by atoms with Crippen LogP contribution in [0, 0.1) is 0 Å². The molecule has 1 unspecified atom stereocenters. The molecule has 23 heavy (non-hydrogen) atoms. The zero-order chi connectivity index (χ0) is 17.1. The van der Waals surface area contributed by atoms with Crippen LogP contribution in [0.3, 0.4) is 0 Å². The van der Waals surface area contributed by atoms with Gasteiger partial charge in [0.1, 0.15) is 10.7 Å². The molecule has 1 aliphatic heterocycles. The van der Waals surface area contributed by atoms with Crippen molar-refractivity contribution in [3.8, 4) is 0 Å². The van der Waals surface area contributed by atoms with Crippen molar-refractivity contribution in [2.75, 3.05) is 19.0 Å². The Morgan fingerprint density at radius 2 is 2.13 bits per heavy atom.